The first kappa shape index (κ1) is 18.1. The first-order chi connectivity index (χ1) is 8.16. The molecule has 1 heterocycles. The molecule has 1 aromatic carbocycles. The lowest BCUT2D eigenvalue weighted by atomic mass is 10.1. The van der Waals surface area contributed by atoms with Gasteiger partial charge in [0.15, 0.2) is 0 Å². The van der Waals surface area contributed by atoms with Gasteiger partial charge in [0.1, 0.15) is 0 Å². The number of rotatable bonds is 3. The van der Waals surface area contributed by atoms with E-state index in [0.29, 0.717) is 0 Å². The quantitative estimate of drug-likeness (QED) is 0.797. The lowest BCUT2D eigenvalue weighted by Gasteiger charge is -2.02. The third-order valence-corrected chi connectivity index (χ3v) is 4.86. The standard InChI is InChI=1S/C10H6ClS.C2H4O2.Al.2H2O/c11-10-6-9(7-12-10)8-4-2-1-3-5-8;1-2(3)4;;;/h1-6H;1H3,(H,3,4);;2*1H2/q;;+1;;/p-1. The van der Waals surface area contributed by atoms with Crippen LogP contribution >= 0.6 is 22.9 Å². The Labute approximate surface area is 126 Å². The van der Waals surface area contributed by atoms with Crippen molar-refractivity contribution in [3.63, 3.8) is 0 Å². The Balaban J connectivity index is 0.00000162. The molecule has 0 aliphatic carbocycles. The zero-order valence-corrected chi connectivity index (χ0v) is 12.9. The van der Waals surface area contributed by atoms with Crippen LogP contribution in [0.1, 0.15) is 6.92 Å². The summed E-state index contributed by atoms with van der Waals surface area (Å²) in [6.07, 6.45) is 0. The van der Waals surface area contributed by atoms with Gasteiger partial charge in [-0.1, -0.05) is 41.9 Å². The first-order valence-corrected chi connectivity index (χ1v) is 7.26. The van der Waals surface area contributed by atoms with Crippen molar-refractivity contribution in [2.75, 3.05) is 0 Å². The summed E-state index contributed by atoms with van der Waals surface area (Å²) >= 11 is 6.99. The summed E-state index contributed by atoms with van der Waals surface area (Å²) < 4.78 is 6.87. The first-order valence-electron chi connectivity index (χ1n) is 5.02. The molecule has 2 aromatic rings. The van der Waals surface area contributed by atoms with Crippen LogP contribution in [0.25, 0.3) is 11.1 Å². The fourth-order valence-electron chi connectivity index (χ4n) is 1.44. The molecule has 0 unspecified atom stereocenters. The summed E-state index contributed by atoms with van der Waals surface area (Å²) in [5.41, 5.74) is 2.17. The highest BCUT2D eigenvalue weighted by Crippen LogP contribution is 2.26. The van der Waals surface area contributed by atoms with Gasteiger partial charge in [-0.05, 0) is 20.9 Å². The Morgan fingerprint density at radius 2 is 1.89 bits per heavy atom. The molecule has 0 saturated carbocycles. The maximum absolute atomic E-state index is 10.8. The summed E-state index contributed by atoms with van der Waals surface area (Å²) in [6, 6.07) is 11.9. The molecule has 101 valence electrons. The van der Waals surface area contributed by atoms with Crippen molar-refractivity contribution in [3.8, 4) is 11.1 Å². The summed E-state index contributed by atoms with van der Waals surface area (Å²) in [4.78, 5) is 10.8. The molecule has 0 aliphatic rings. The highest BCUT2D eigenvalue weighted by molar-refractivity contribution is 7.25. The zero-order chi connectivity index (χ0) is 12.3. The van der Waals surface area contributed by atoms with E-state index in [2.05, 4.69) is 0 Å². The van der Waals surface area contributed by atoms with Gasteiger partial charge in [0.05, 0.1) is 4.34 Å². The van der Waals surface area contributed by atoms with Crippen LogP contribution in [0.4, 0.5) is 0 Å². The Bertz CT molecular complexity index is 530. The highest BCUT2D eigenvalue weighted by atomic mass is 35.5. The van der Waals surface area contributed by atoms with Crippen LogP contribution in [-0.4, -0.2) is 32.5 Å². The average molecular weight is 316 g/mol. The molecule has 4 N–H and O–H groups in total. The van der Waals surface area contributed by atoms with Crippen molar-refractivity contribution in [3.05, 3.63) is 40.7 Å². The highest BCUT2D eigenvalue weighted by Gasteiger charge is 2.15. The Morgan fingerprint density at radius 1 is 1.26 bits per heavy atom. The summed E-state index contributed by atoms with van der Waals surface area (Å²) in [7, 11) is 0. The van der Waals surface area contributed by atoms with Gasteiger partial charge in [0.25, 0.3) is 5.97 Å². The maximum atomic E-state index is 10.8. The molecule has 7 heteroatoms. The van der Waals surface area contributed by atoms with Crippen LogP contribution in [0.3, 0.4) is 0 Å². The van der Waals surface area contributed by atoms with Crippen molar-refractivity contribution in [2.45, 2.75) is 6.92 Å². The van der Waals surface area contributed by atoms with Gasteiger partial charge in [-0.15, -0.1) is 11.3 Å². The van der Waals surface area contributed by atoms with Crippen LogP contribution in [0.15, 0.2) is 36.4 Å². The molecule has 4 nitrogen and oxygen atoms in total. The minimum absolute atomic E-state index is 0. The van der Waals surface area contributed by atoms with Crippen molar-refractivity contribution in [1.29, 1.82) is 0 Å². The van der Waals surface area contributed by atoms with E-state index in [1.807, 2.05) is 36.4 Å². The molecular weight excluding hydrogens is 303 g/mol. The van der Waals surface area contributed by atoms with Crippen molar-refractivity contribution < 1.29 is 19.5 Å². The van der Waals surface area contributed by atoms with Crippen LogP contribution in [0.5, 0.6) is 0 Å². The summed E-state index contributed by atoms with van der Waals surface area (Å²) in [5.74, 6) is -0.247. The number of halogens is 1. The zero-order valence-electron chi connectivity index (χ0n) is 10.1. The van der Waals surface area contributed by atoms with E-state index >= 15 is 0 Å². The van der Waals surface area contributed by atoms with Gasteiger partial charge < -0.3 is 14.7 Å². The molecule has 1 radical (unpaired) electrons. The van der Waals surface area contributed by atoms with Gasteiger partial charge in [0, 0.05) is 6.92 Å². The Morgan fingerprint density at radius 3 is 2.47 bits per heavy atom. The maximum Gasteiger partial charge on any atom is 0.584 e. The molecule has 19 heavy (non-hydrogen) atoms. The fraction of sp³-hybridized carbons (Fsp3) is 0.0833. The molecule has 2 rings (SSSR count). The van der Waals surface area contributed by atoms with Gasteiger partial charge in [-0.3, -0.25) is 4.79 Å². The number of benzene rings is 1. The predicted octanol–water partition coefficient (Wildman–Crippen LogP) is 1.23. The smallest absolute Gasteiger partial charge is 0.584 e. The summed E-state index contributed by atoms with van der Waals surface area (Å²) in [6.45, 7) is 1.42. The molecule has 1 aromatic heterocycles. The van der Waals surface area contributed by atoms with Crippen molar-refractivity contribution in [2.24, 2.45) is 0 Å². The van der Waals surface area contributed by atoms with E-state index in [1.165, 1.54) is 18.3 Å². The summed E-state index contributed by atoms with van der Waals surface area (Å²) in [5, 5.41) is 0. The van der Waals surface area contributed by atoms with Gasteiger partial charge in [0.2, 0.25) is 0 Å². The number of thiophene rings is 1. The minimum atomic E-state index is -0.506. The average Bonchev–Trinajstić information content (AvgIpc) is 2.69. The third kappa shape index (κ3) is 4.96. The fourth-order valence-corrected chi connectivity index (χ4v) is 4.07. The second-order valence-corrected chi connectivity index (χ2v) is 6.60. The van der Waals surface area contributed by atoms with Crippen LogP contribution < -0.4 is 3.74 Å². The second kappa shape index (κ2) is 8.33. The van der Waals surface area contributed by atoms with Gasteiger partial charge in [-0.2, -0.15) is 0 Å². The normalized spacial score (nSPS) is 8.95. The topological polar surface area (TPSA) is 89.3 Å². The monoisotopic (exact) mass is 315 g/mol. The SMILES string of the molecule is CC(=O)[O][Al][c]1sc(Cl)cc1-c1ccccc1.O.O. The van der Waals surface area contributed by atoms with Crippen LogP contribution in [0.2, 0.25) is 4.34 Å². The van der Waals surface area contributed by atoms with E-state index in [-0.39, 0.29) is 16.9 Å². The van der Waals surface area contributed by atoms with Gasteiger partial charge >= 0.3 is 15.6 Å². The Kier molecular flexibility index (Phi) is 7.95. The Hall–Kier alpha value is -0.868. The van der Waals surface area contributed by atoms with Gasteiger partial charge in [-0.25, -0.2) is 0 Å². The van der Waals surface area contributed by atoms with Crippen molar-refractivity contribution in [1.82, 2.24) is 0 Å². The number of hydrogen-bond donors (Lipinski definition) is 0. The predicted molar refractivity (Wildman–Crippen MR) is 79.1 cm³/mol. The molecule has 0 aliphatic heterocycles. The van der Waals surface area contributed by atoms with E-state index in [9.17, 15) is 4.79 Å². The molecule has 0 saturated heterocycles. The molecular formula is C12H13AlClO4S. The van der Waals surface area contributed by atoms with E-state index in [0.717, 1.165) is 19.2 Å². The largest absolute Gasteiger partial charge is 0.618 e. The molecule has 0 spiro atoms. The van der Waals surface area contributed by atoms with Crippen molar-refractivity contribution >= 4 is 48.2 Å². The molecule has 0 fully saturated rings. The van der Waals surface area contributed by atoms with E-state index < -0.39 is 15.6 Å². The lowest BCUT2D eigenvalue weighted by molar-refractivity contribution is -0.131. The number of carbonyl (C=O) groups excluding carboxylic acids is 1. The minimum Gasteiger partial charge on any atom is -0.618 e. The van der Waals surface area contributed by atoms with Crippen LogP contribution in [0, 0.1) is 0 Å². The van der Waals surface area contributed by atoms with Crippen LogP contribution in [-0.2, 0) is 8.58 Å². The number of hydrogen-bond acceptors (Lipinski definition) is 3. The molecule has 0 bridgehead atoms. The lowest BCUT2D eigenvalue weighted by Crippen LogP contribution is -2.18. The number of carbonyl (C=O) groups is 1. The molecule has 0 atom stereocenters. The third-order valence-electron chi connectivity index (χ3n) is 2.15. The van der Waals surface area contributed by atoms with E-state index in [4.69, 9.17) is 15.4 Å². The van der Waals surface area contributed by atoms with E-state index in [1.54, 1.807) is 0 Å². The molecule has 0 amide bonds. The second-order valence-electron chi connectivity index (χ2n) is 3.42.